The number of carbonyl (C=O) groups excluding carboxylic acids is 1. The number of rotatable bonds is 5. The number of ether oxygens (including phenoxy) is 1. The second kappa shape index (κ2) is 6.06. The fraction of sp³-hybridized carbons (Fsp3) is 0.364. The van der Waals surface area contributed by atoms with Crippen molar-refractivity contribution < 1.29 is 17.9 Å². The zero-order chi connectivity index (χ0) is 13.8. The van der Waals surface area contributed by atoms with Crippen LogP contribution in [0.1, 0.15) is 19.8 Å². The molecule has 100 valence electrons. The number of methoxy groups -OCH3 is 1. The molecule has 0 heterocycles. The smallest absolute Gasteiger partial charge is 0.264 e. The minimum Gasteiger partial charge on any atom is -0.495 e. The summed E-state index contributed by atoms with van der Waals surface area (Å²) in [5.74, 6) is -0.0414. The van der Waals surface area contributed by atoms with Crippen molar-refractivity contribution in [2.75, 3.05) is 12.4 Å². The summed E-state index contributed by atoms with van der Waals surface area (Å²) < 4.78 is 27.4. The van der Waals surface area contributed by atoms with E-state index in [0.29, 0.717) is 12.1 Å². The highest BCUT2D eigenvalue weighted by atomic mass is 35.7. The van der Waals surface area contributed by atoms with Gasteiger partial charge >= 0.3 is 0 Å². The molecule has 1 rings (SSSR count). The largest absolute Gasteiger partial charge is 0.495 e. The Hall–Kier alpha value is -1.27. The van der Waals surface area contributed by atoms with Gasteiger partial charge < -0.3 is 10.1 Å². The van der Waals surface area contributed by atoms with Gasteiger partial charge in [-0.05, 0) is 18.6 Å². The molecule has 0 spiro atoms. The van der Waals surface area contributed by atoms with Gasteiger partial charge in [-0.3, -0.25) is 4.79 Å². The molecule has 5 nitrogen and oxygen atoms in total. The van der Waals surface area contributed by atoms with Crippen LogP contribution in [0.25, 0.3) is 0 Å². The average molecular weight is 292 g/mol. The fourth-order valence-electron chi connectivity index (χ4n) is 1.40. The molecule has 0 saturated heterocycles. The molecule has 0 atom stereocenters. The van der Waals surface area contributed by atoms with E-state index in [1.807, 2.05) is 6.92 Å². The molecule has 0 aromatic heterocycles. The number of amides is 1. The van der Waals surface area contributed by atoms with Gasteiger partial charge in [0.05, 0.1) is 7.11 Å². The second-order valence-corrected chi connectivity index (χ2v) is 6.14. The van der Waals surface area contributed by atoms with Crippen LogP contribution in [-0.2, 0) is 13.8 Å². The Bertz CT molecular complexity index is 542. The van der Waals surface area contributed by atoms with Gasteiger partial charge in [0, 0.05) is 28.9 Å². The summed E-state index contributed by atoms with van der Waals surface area (Å²) in [4.78, 5) is 11.3. The number of hydrogen-bond donors (Lipinski definition) is 1. The standard InChI is InChI=1S/C11H14ClNO4S/c1-3-4-11(14)13-8-5-6-10(18(12,15)16)9(7-8)17-2/h5-7H,3-4H2,1-2H3,(H,13,14). The SMILES string of the molecule is CCCC(=O)Nc1ccc(S(=O)(=O)Cl)c(OC)c1. The Morgan fingerprint density at radius 3 is 2.61 bits per heavy atom. The maximum atomic E-state index is 11.4. The van der Waals surface area contributed by atoms with Crippen molar-refractivity contribution in [3.63, 3.8) is 0 Å². The highest BCUT2D eigenvalue weighted by Crippen LogP contribution is 2.29. The molecule has 0 fully saturated rings. The molecule has 1 N–H and O–H groups in total. The summed E-state index contributed by atoms with van der Waals surface area (Å²) >= 11 is 0. The van der Waals surface area contributed by atoms with Crippen LogP contribution in [-0.4, -0.2) is 21.4 Å². The normalized spacial score (nSPS) is 11.1. The molecular formula is C11H14ClNO4S. The maximum absolute atomic E-state index is 11.4. The lowest BCUT2D eigenvalue weighted by molar-refractivity contribution is -0.116. The first-order valence-electron chi connectivity index (χ1n) is 5.31. The van der Waals surface area contributed by atoms with Crippen LogP contribution in [0.4, 0.5) is 5.69 Å². The van der Waals surface area contributed by atoms with E-state index >= 15 is 0 Å². The van der Waals surface area contributed by atoms with Crippen molar-refractivity contribution in [1.82, 2.24) is 0 Å². The van der Waals surface area contributed by atoms with Crippen LogP contribution in [0.2, 0.25) is 0 Å². The molecule has 0 saturated carbocycles. The highest BCUT2D eigenvalue weighted by Gasteiger charge is 2.17. The minimum atomic E-state index is -3.87. The van der Waals surface area contributed by atoms with Gasteiger partial charge in [-0.15, -0.1) is 0 Å². The molecule has 0 aliphatic heterocycles. The quantitative estimate of drug-likeness (QED) is 0.845. The number of nitrogens with one attached hydrogen (secondary N) is 1. The summed E-state index contributed by atoms with van der Waals surface area (Å²) in [5.41, 5.74) is 0.467. The van der Waals surface area contributed by atoms with Gasteiger partial charge in [0.15, 0.2) is 0 Å². The third-order valence-corrected chi connectivity index (χ3v) is 3.55. The molecule has 7 heteroatoms. The molecular weight excluding hydrogens is 278 g/mol. The third-order valence-electron chi connectivity index (χ3n) is 2.19. The van der Waals surface area contributed by atoms with E-state index in [4.69, 9.17) is 15.4 Å². The lowest BCUT2D eigenvalue weighted by Gasteiger charge is -2.09. The first-order valence-corrected chi connectivity index (χ1v) is 7.62. The second-order valence-electron chi connectivity index (χ2n) is 3.60. The highest BCUT2D eigenvalue weighted by molar-refractivity contribution is 8.13. The predicted octanol–water partition coefficient (Wildman–Crippen LogP) is 2.36. The van der Waals surface area contributed by atoms with Crippen molar-refractivity contribution in [3.8, 4) is 5.75 Å². The zero-order valence-electron chi connectivity index (χ0n) is 10.1. The van der Waals surface area contributed by atoms with Crippen LogP contribution in [0.3, 0.4) is 0 Å². The van der Waals surface area contributed by atoms with Gasteiger partial charge in [0.25, 0.3) is 9.05 Å². The molecule has 0 bridgehead atoms. The van der Waals surface area contributed by atoms with E-state index in [1.54, 1.807) is 0 Å². The molecule has 1 aromatic rings. The molecule has 0 radical (unpaired) electrons. The fourth-order valence-corrected chi connectivity index (χ4v) is 2.39. The van der Waals surface area contributed by atoms with Crippen molar-refractivity contribution >= 4 is 31.3 Å². The third kappa shape index (κ3) is 3.89. The average Bonchev–Trinajstić information content (AvgIpc) is 2.27. The number of anilines is 1. The van der Waals surface area contributed by atoms with E-state index in [-0.39, 0.29) is 16.6 Å². The van der Waals surface area contributed by atoms with Gasteiger partial charge in [-0.25, -0.2) is 8.42 Å². The zero-order valence-corrected chi connectivity index (χ0v) is 11.6. The first kappa shape index (κ1) is 14.8. The maximum Gasteiger partial charge on any atom is 0.264 e. The molecule has 18 heavy (non-hydrogen) atoms. The number of halogens is 1. The van der Waals surface area contributed by atoms with E-state index in [2.05, 4.69) is 5.32 Å². The Morgan fingerprint density at radius 1 is 1.44 bits per heavy atom. The lowest BCUT2D eigenvalue weighted by Crippen LogP contribution is -2.10. The molecule has 1 amide bonds. The Morgan fingerprint density at radius 2 is 2.11 bits per heavy atom. The molecule has 1 aromatic carbocycles. The number of hydrogen-bond acceptors (Lipinski definition) is 4. The van der Waals surface area contributed by atoms with E-state index < -0.39 is 9.05 Å². The van der Waals surface area contributed by atoms with Crippen LogP contribution in [0.15, 0.2) is 23.1 Å². The van der Waals surface area contributed by atoms with Gasteiger partial charge in [0.2, 0.25) is 5.91 Å². The summed E-state index contributed by atoms with van der Waals surface area (Å²) in [5, 5.41) is 2.64. The van der Waals surface area contributed by atoms with Crippen LogP contribution in [0.5, 0.6) is 5.75 Å². The predicted molar refractivity (Wildman–Crippen MR) is 69.6 cm³/mol. The van der Waals surface area contributed by atoms with Gasteiger partial charge in [-0.2, -0.15) is 0 Å². The van der Waals surface area contributed by atoms with E-state index in [1.165, 1.54) is 25.3 Å². The molecule has 0 aliphatic rings. The van der Waals surface area contributed by atoms with Crippen molar-refractivity contribution in [1.29, 1.82) is 0 Å². The van der Waals surface area contributed by atoms with Crippen molar-refractivity contribution in [3.05, 3.63) is 18.2 Å². The monoisotopic (exact) mass is 291 g/mol. The van der Waals surface area contributed by atoms with Gasteiger partial charge in [0.1, 0.15) is 10.6 Å². The topological polar surface area (TPSA) is 72.5 Å². The van der Waals surface area contributed by atoms with Crippen LogP contribution in [0, 0.1) is 0 Å². The molecule has 0 unspecified atom stereocenters. The summed E-state index contributed by atoms with van der Waals surface area (Å²) in [6, 6.07) is 4.18. The summed E-state index contributed by atoms with van der Waals surface area (Å²) in [6.07, 6.45) is 1.13. The van der Waals surface area contributed by atoms with E-state index in [9.17, 15) is 13.2 Å². The van der Waals surface area contributed by atoms with E-state index in [0.717, 1.165) is 6.42 Å². The van der Waals surface area contributed by atoms with Crippen molar-refractivity contribution in [2.24, 2.45) is 0 Å². The van der Waals surface area contributed by atoms with Gasteiger partial charge in [-0.1, -0.05) is 6.92 Å². The lowest BCUT2D eigenvalue weighted by atomic mass is 10.2. The van der Waals surface area contributed by atoms with Crippen LogP contribution < -0.4 is 10.1 Å². The molecule has 0 aliphatic carbocycles. The minimum absolute atomic E-state index is 0.0966. The number of carbonyl (C=O) groups is 1. The van der Waals surface area contributed by atoms with Crippen molar-refractivity contribution in [2.45, 2.75) is 24.7 Å². The Kier molecular flexibility index (Phi) is 4.98. The summed E-state index contributed by atoms with van der Waals surface area (Å²) in [6.45, 7) is 1.89. The Balaban J connectivity index is 3.03. The first-order chi connectivity index (χ1) is 8.38. The van der Waals surface area contributed by atoms with Crippen LogP contribution >= 0.6 is 10.7 Å². The Labute approximate surface area is 111 Å². The number of benzene rings is 1. The summed E-state index contributed by atoms with van der Waals surface area (Å²) in [7, 11) is 2.72.